The number of nitriles is 1. The summed E-state index contributed by atoms with van der Waals surface area (Å²) in [6, 6.07) is 9.80. The average Bonchev–Trinajstić information content (AvgIpc) is 2.67. The van der Waals surface area contributed by atoms with E-state index in [1.165, 1.54) is 33.4 Å². The Bertz CT molecular complexity index is 877. The summed E-state index contributed by atoms with van der Waals surface area (Å²) in [4.78, 5) is 28.5. The van der Waals surface area contributed by atoms with E-state index in [1.807, 2.05) is 6.07 Å². The summed E-state index contributed by atoms with van der Waals surface area (Å²) in [5.41, 5.74) is -0.697. The lowest BCUT2D eigenvalue weighted by molar-refractivity contribution is -0.119. The van der Waals surface area contributed by atoms with Crippen molar-refractivity contribution in [2.45, 2.75) is 12.3 Å². The number of methoxy groups -OCH3 is 2. The highest BCUT2D eigenvalue weighted by Gasteiger charge is 2.35. The minimum absolute atomic E-state index is 0.0537. The lowest BCUT2D eigenvalue weighted by atomic mass is 9.83. The number of pyridine rings is 1. The van der Waals surface area contributed by atoms with Crippen molar-refractivity contribution < 1.29 is 19.1 Å². The number of halogens is 1. The third kappa shape index (κ3) is 3.76. The molecule has 0 aliphatic rings. The van der Waals surface area contributed by atoms with Gasteiger partial charge >= 0.3 is 5.97 Å². The fourth-order valence-corrected chi connectivity index (χ4v) is 2.35. The third-order valence-electron chi connectivity index (χ3n) is 3.81. The summed E-state index contributed by atoms with van der Waals surface area (Å²) in [6.45, 7) is 1.49. The number of hydrogen-bond donors (Lipinski definition) is 1. The predicted octanol–water partition coefficient (Wildman–Crippen LogP) is 2.95. The zero-order valence-electron chi connectivity index (χ0n) is 14.4. The van der Waals surface area contributed by atoms with Gasteiger partial charge in [-0.15, -0.1) is 0 Å². The van der Waals surface area contributed by atoms with Gasteiger partial charge in [-0.25, -0.2) is 9.78 Å². The molecule has 2 rings (SSSR count). The van der Waals surface area contributed by atoms with E-state index >= 15 is 0 Å². The molecule has 1 aromatic heterocycles. The van der Waals surface area contributed by atoms with Gasteiger partial charge in [0.05, 0.1) is 32.2 Å². The van der Waals surface area contributed by atoms with Crippen LogP contribution in [0.3, 0.4) is 0 Å². The minimum atomic E-state index is -1.46. The van der Waals surface area contributed by atoms with Gasteiger partial charge in [0.15, 0.2) is 5.41 Å². The lowest BCUT2D eigenvalue weighted by Gasteiger charge is -2.21. The first-order valence-corrected chi connectivity index (χ1v) is 7.84. The van der Waals surface area contributed by atoms with Crippen molar-refractivity contribution in [1.29, 1.82) is 5.26 Å². The van der Waals surface area contributed by atoms with Gasteiger partial charge in [0.25, 0.3) is 0 Å². The Morgan fingerprint density at radius 3 is 2.46 bits per heavy atom. The molecular weight excluding hydrogens is 358 g/mol. The number of ether oxygens (including phenoxy) is 2. The number of esters is 1. The quantitative estimate of drug-likeness (QED) is 0.808. The maximum absolute atomic E-state index is 12.7. The number of carbonyl (C=O) groups excluding carboxylic acids is 2. The van der Waals surface area contributed by atoms with Crippen LogP contribution in [0.2, 0.25) is 5.02 Å². The van der Waals surface area contributed by atoms with E-state index in [0.29, 0.717) is 10.6 Å². The van der Waals surface area contributed by atoms with E-state index in [2.05, 4.69) is 15.0 Å². The van der Waals surface area contributed by atoms with Gasteiger partial charge in [-0.05, 0) is 30.7 Å². The molecule has 8 heteroatoms. The monoisotopic (exact) mass is 373 g/mol. The van der Waals surface area contributed by atoms with Crippen molar-refractivity contribution in [3.8, 4) is 11.9 Å². The van der Waals surface area contributed by atoms with Crippen LogP contribution in [0.4, 0.5) is 5.69 Å². The smallest absolute Gasteiger partial charge is 0.343 e. The molecule has 7 nitrogen and oxygen atoms in total. The molecule has 1 N–H and O–H groups in total. The first-order valence-electron chi connectivity index (χ1n) is 7.46. The highest BCUT2D eigenvalue weighted by Crippen LogP contribution is 2.27. The lowest BCUT2D eigenvalue weighted by Crippen LogP contribution is -2.36. The molecule has 0 aliphatic heterocycles. The molecule has 2 aromatic rings. The standard InChI is InChI=1S/C18H16ClN3O4/c1-18(10-20,11-4-6-12(19)7-5-11)17(24)22-13-8-14(16(23)26-3)15(25-2)21-9-13/h4-9H,1-3H3,(H,22,24). The minimum Gasteiger partial charge on any atom is -0.480 e. The summed E-state index contributed by atoms with van der Waals surface area (Å²) in [7, 11) is 2.58. The van der Waals surface area contributed by atoms with Crippen molar-refractivity contribution >= 4 is 29.2 Å². The number of carbonyl (C=O) groups is 2. The van der Waals surface area contributed by atoms with E-state index in [1.54, 1.807) is 24.3 Å². The van der Waals surface area contributed by atoms with Crippen LogP contribution in [-0.4, -0.2) is 31.1 Å². The topological polar surface area (TPSA) is 101 Å². The van der Waals surface area contributed by atoms with E-state index in [-0.39, 0.29) is 17.1 Å². The van der Waals surface area contributed by atoms with Crippen LogP contribution in [0.1, 0.15) is 22.8 Å². The number of benzene rings is 1. The van der Waals surface area contributed by atoms with Crippen LogP contribution in [0.5, 0.6) is 5.88 Å². The van der Waals surface area contributed by atoms with E-state index in [9.17, 15) is 14.9 Å². The highest BCUT2D eigenvalue weighted by atomic mass is 35.5. The molecular formula is C18H16ClN3O4. The second-order valence-corrected chi connectivity index (χ2v) is 5.91. The molecule has 0 saturated carbocycles. The zero-order valence-corrected chi connectivity index (χ0v) is 15.1. The first-order chi connectivity index (χ1) is 12.3. The SMILES string of the molecule is COC(=O)c1cc(NC(=O)C(C)(C#N)c2ccc(Cl)cc2)cnc1OC. The molecule has 0 fully saturated rings. The Kier molecular flexibility index (Phi) is 5.80. The Morgan fingerprint density at radius 1 is 1.27 bits per heavy atom. The van der Waals surface area contributed by atoms with Crippen molar-refractivity contribution in [2.24, 2.45) is 0 Å². The summed E-state index contributed by atoms with van der Waals surface area (Å²) in [5.74, 6) is -1.17. The zero-order chi connectivity index (χ0) is 19.3. The number of rotatable bonds is 5. The fraction of sp³-hybridized carbons (Fsp3) is 0.222. The van der Waals surface area contributed by atoms with Crippen LogP contribution in [0, 0.1) is 11.3 Å². The van der Waals surface area contributed by atoms with Crippen molar-refractivity contribution in [2.75, 3.05) is 19.5 Å². The van der Waals surface area contributed by atoms with Gasteiger partial charge in [-0.2, -0.15) is 5.26 Å². The Morgan fingerprint density at radius 2 is 1.92 bits per heavy atom. The Hall–Kier alpha value is -3.11. The van der Waals surface area contributed by atoms with Crippen LogP contribution < -0.4 is 10.1 Å². The fourth-order valence-electron chi connectivity index (χ4n) is 2.23. The number of anilines is 1. The maximum atomic E-state index is 12.7. The number of aromatic nitrogens is 1. The van der Waals surface area contributed by atoms with Crippen LogP contribution in [0.25, 0.3) is 0 Å². The van der Waals surface area contributed by atoms with Crippen molar-refractivity contribution in [3.63, 3.8) is 0 Å². The number of nitrogens with one attached hydrogen (secondary N) is 1. The number of nitrogens with zero attached hydrogens (tertiary/aromatic N) is 2. The maximum Gasteiger partial charge on any atom is 0.343 e. The van der Waals surface area contributed by atoms with Gasteiger partial charge in [0, 0.05) is 5.02 Å². The van der Waals surface area contributed by atoms with E-state index < -0.39 is 17.3 Å². The van der Waals surface area contributed by atoms with Gasteiger partial charge in [-0.1, -0.05) is 23.7 Å². The first kappa shape index (κ1) is 19.2. The summed E-state index contributed by atoms with van der Waals surface area (Å²) < 4.78 is 9.68. The summed E-state index contributed by atoms with van der Waals surface area (Å²) in [5, 5.41) is 12.7. The van der Waals surface area contributed by atoms with Gasteiger partial charge in [-0.3, -0.25) is 4.79 Å². The molecule has 1 heterocycles. The molecule has 0 aliphatic carbocycles. The third-order valence-corrected chi connectivity index (χ3v) is 4.06. The second kappa shape index (κ2) is 7.85. The average molecular weight is 374 g/mol. The van der Waals surface area contributed by atoms with Crippen LogP contribution >= 0.6 is 11.6 Å². The van der Waals surface area contributed by atoms with E-state index in [4.69, 9.17) is 16.3 Å². The Labute approximate surface area is 155 Å². The molecule has 134 valence electrons. The van der Waals surface area contributed by atoms with Crippen LogP contribution in [-0.2, 0) is 14.9 Å². The number of hydrogen-bond acceptors (Lipinski definition) is 6. The molecule has 0 radical (unpaired) electrons. The number of amides is 1. The predicted molar refractivity (Wildman–Crippen MR) is 95.2 cm³/mol. The van der Waals surface area contributed by atoms with Crippen molar-refractivity contribution in [1.82, 2.24) is 4.98 Å². The molecule has 0 bridgehead atoms. The van der Waals surface area contributed by atoms with Gasteiger partial charge in [0.1, 0.15) is 5.56 Å². The molecule has 1 amide bonds. The molecule has 0 saturated heterocycles. The van der Waals surface area contributed by atoms with Crippen LogP contribution in [0.15, 0.2) is 36.5 Å². The normalized spacial score (nSPS) is 12.4. The summed E-state index contributed by atoms with van der Waals surface area (Å²) >= 11 is 5.86. The summed E-state index contributed by atoms with van der Waals surface area (Å²) in [6.07, 6.45) is 1.32. The molecule has 0 spiro atoms. The van der Waals surface area contributed by atoms with Crippen molar-refractivity contribution in [3.05, 3.63) is 52.7 Å². The molecule has 1 atom stereocenters. The largest absolute Gasteiger partial charge is 0.480 e. The second-order valence-electron chi connectivity index (χ2n) is 5.47. The highest BCUT2D eigenvalue weighted by molar-refractivity contribution is 6.30. The van der Waals surface area contributed by atoms with Gasteiger partial charge in [0.2, 0.25) is 11.8 Å². The molecule has 1 aromatic carbocycles. The van der Waals surface area contributed by atoms with E-state index in [0.717, 1.165) is 0 Å². The van der Waals surface area contributed by atoms with Gasteiger partial charge < -0.3 is 14.8 Å². The Balaban J connectivity index is 2.34. The molecule has 26 heavy (non-hydrogen) atoms. The molecule has 1 unspecified atom stereocenters.